The molecule has 0 bridgehead atoms. The summed E-state index contributed by atoms with van der Waals surface area (Å²) < 4.78 is 27.4. The Labute approximate surface area is 160 Å². The van der Waals surface area contributed by atoms with Crippen LogP contribution in [0.4, 0.5) is 0 Å². The van der Waals surface area contributed by atoms with Gasteiger partial charge in [0.1, 0.15) is 0 Å². The maximum Gasteiger partial charge on any atom is 0.241 e. The molecule has 0 unspecified atom stereocenters. The normalized spacial score (nSPS) is 17.0. The number of rotatable bonds is 7. The highest BCUT2D eigenvalue weighted by molar-refractivity contribution is 7.89. The van der Waals surface area contributed by atoms with Gasteiger partial charge >= 0.3 is 0 Å². The maximum atomic E-state index is 12.4. The minimum Gasteiger partial charge on any atom is -0.346 e. The molecule has 2 rings (SSSR count). The highest BCUT2D eigenvalue weighted by Crippen LogP contribution is 2.15. The van der Waals surface area contributed by atoms with Crippen molar-refractivity contribution in [3.05, 3.63) is 30.3 Å². The fourth-order valence-electron chi connectivity index (χ4n) is 2.83. The van der Waals surface area contributed by atoms with Crippen LogP contribution in [0.3, 0.4) is 0 Å². The highest BCUT2D eigenvalue weighted by atomic mass is 32.2. The van der Waals surface area contributed by atoms with Gasteiger partial charge in [-0.05, 0) is 30.9 Å². The van der Waals surface area contributed by atoms with Gasteiger partial charge in [0.05, 0.1) is 17.5 Å². The molecule has 1 aromatic rings. The Morgan fingerprint density at radius 3 is 2.33 bits per heavy atom. The monoisotopic (exact) mass is 396 g/mol. The van der Waals surface area contributed by atoms with E-state index in [1.807, 2.05) is 13.8 Å². The van der Waals surface area contributed by atoms with E-state index in [2.05, 4.69) is 10.0 Å². The average Bonchev–Trinajstić information content (AvgIpc) is 2.66. The van der Waals surface area contributed by atoms with Gasteiger partial charge in [-0.3, -0.25) is 9.59 Å². The molecule has 150 valence electrons. The molecule has 1 heterocycles. The second-order valence-electron chi connectivity index (χ2n) is 7.08. The number of nitrogens with zero attached hydrogens (tertiary/aromatic N) is 1. The molecule has 4 N–H and O–H groups in total. The van der Waals surface area contributed by atoms with Crippen molar-refractivity contribution in [3.8, 4) is 0 Å². The third-order valence-corrected chi connectivity index (χ3v) is 6.19. The van der Waals surface area contributed by atoms with Crippen LogP contribution >= 0.6 is 0 Å². The summed E-state index contributed by atoms with van der Waals surface area (Å²) in [6.45, 7) is 4.46. The maximum absolute atomic E-state index is 12.4. The fourth-order valence-corrected chi connectivity index (χ4v) is 4.16. The standard InChI is InChI=1S/C18H28N4O4S/c1-13(2)17(19)18(24)20-12-16(23)22-10-8-14(9-11-22)21-27(25,26)15-6-4-3-5-7-15/h3-7,13-14,17,21H,8-12,19H2,1-2H3,(H,20,24)/t17-/m0/s1. The van der Waals surface area contributed by atoms with Crippen molar-refractivity contribution in [1.82, 2.24) is 14.9 Å². The van der Waals surface area contributed by atoms with E-state index in [9.17, 15) is 18.0 Å². The van der Waals surface area contributed by atoms with E-state index in [1.54, 1.807) is 35.2 Å². The molecule has 8 nitrogen and oxygen atoms in total. The van der Waals surface area contributed by atoms with E-state index in [0.717, 1.165) is 0 Å². The summed E-state index contributed by atoms with van der Waals surface area (Å²) in [5.74, 6) is -0.541. The largest absolute Gasteiger partial charge is 0.346 e. The number of amides is 2. The first-order chi connectivity index (χ1) is 12.7. The lowest BCUT2D eigenvalue weighted by Crippen LogP contribution is -2.51. The Morgan fingerprint density at radius 1 is 1.19 bits per heavy atom. The lowest BCUT2D eigenvalue weighted by molar-refractivity contribution is -0.134. The number of sulfonamides is 1. The van der Waals surface area contributed by atoms with Crippen molar-refractivity contribution in [1.29, 1.82) is 0 Å². The Kier molecular flexibility index (Phi) is 7.34. The van der Waals surface area contributed by atoms with Crippen LogP contribution in [0.1, 0.15) is 26.7 Å². The first kappa shape index (κ1) is 21.3. The molecule has 0 saturated carbocycles. The summed E-state index contributed by atoms with van der Waals surface area (Å²) in [6.07, 6.45) is 1.05. The Balaban J connectivity index is 1.79. The van der Waals surface area contributed by atoms with E-state index in [-0.39, 0.29) is 35.2 Å². The first-order valence-electron chi connectivity index (χ1n) is 9.09. The molecular weight excluding hydrogens is 368 g/mol. The molecule has 1 saturated heterocycles. The average molecular weight is 397 g/mol. The number of nitrogens with two attached hydrogens (primary N) is 1. The third kappa shape index (κ3) is 6.02. The van der Waals surface area contributed by atoms with Crippen molar-refractivity contribution in [2.24, 2.45) is 11.7 Å². The van der Waals surface area contributed by atoms with Crippen LogP contribution < -0.4 is 15.8 Å². The summed E-state index contributed by atoms with van der Waals surface area (Å²) in [4.78, 5) is 25.9. The molecule has 27 heavy (non-hydrogen) atoms. The van der Waals surface area contributed by atoms with Gasteiger partial charge in [0.25, 0.3) is 0 Å². The number of carbonyl (C=O) groups is 2. The molecule has 0 spiro atoms. The lowest BCUT2D eigenvalue weighted by Gasteiger charge is -2.32. The van der Waals surface area contributed by atoms with Gasteiger partial charge in [-0.1, -0.05) is 32.0 Å². The topological polar surface area (TPSA) is 122 Å². The molecule has 2 amide bonds. The lowest BCUT2D eigenvalue weighted by atomic mass is 10.0. The van der Waals surface area contributed by atoms with Gasteiger partial charge < -0.3 is 16.0 Å². The third-order valence-electron chi connectivity index (χ3n) is 4.66. The Bertz CT molecular complexity index is 744. The predicted octanol–water partition coefficient (Wildman–Crippen LogP) is 0.0554. The molecule has 1 aliphatic rings. The van der Waals surface area contributed by atoms with Crippen molar-refractivity contribution in [3.63, 3.8) is 0 Å². The number of piperidine rings is 1. The minimum atomic E-state index is -3.56. The summed E-state index contributed by atoms with van der Waals surface area (Å²) in [6, 6.07) is 7.34. The smallest absolute Gasteiger partial charge is 0.241 e. The summed E-state index contributed by atoms with van der Waals surface area (Å²) in [5, 5.41) is 2.57. The molecule has 9 heteroatoms. The van der Waals surface area contributed by atoms with Crippen LogP contribution in [0.25, 0.3) is 0 Å². The quantitative estimate of drug-likeness (QED) is 0.601. The molecular formula is C18H28N4O4S. The molecule has 0 aromatic heterocycles. The van der Waals surface area contributed by atoms with Crippen LogP contribution in [-0.4, -0.2) is 56.9 Å². The zero-order chi connectivity index (χ0) is 20.0. The van der Waals surface area contributed by atoms with Gasteiger partial charge in [-0.15, -0.1) is 0 Å². The predicted molar refractivity (Wildman–Crippen MR) is 102 cm³/mol. The van der Waals surface area contributed by atoms with Gasteiger partial charge in [0.15, 0.2) is 0 Å². The Morgan fingerprint density at radius 2 is 1.78 bits per heavy atom. The highest BCUT2D eigenvalue weighted by Gasteiger charge is 2.27. The van der Waals surface area contributed by atoms with Crippen LogP contribution in [0.5, 0.6) is 0 Å². The second kappa shape index (κ2) is 9.29. The van der Waals surface area contributed by atoms with E-state index >= 15 is 0 Å². The van der Waals surface area contributed by atoms with E-state index < -0.39 is 16.1 Å². The van der Waals surface area contributed by atoms with Crippen molar-refractivity contribution >= 4 is 21.8 Å². The van der Waals surface area contributed by atoms with Gasteiger partial charge in [-0.25, -0.2) is 13.1 Å². The summed E-state index contributed by atoms with van der Waals surface area (Å²) in [7, 11) is -3.56. The van der Waals surface area contributed by atoms with Crippen LogP contribution in [-0.2, 0) is 19.6 Å². The number of hydrogen-bond acceptors (Lipinski definition) is 5. The van der Waals surface area contributed by atoms with Crippen LogP contribution in [0.15, 0.2) is 35.2 Å². The second-order valence-corrected chi connectivity index (χ2v) is 8.79. The van der Waals surface area contributed by atoms with Gasteiger partial charge in [0.2, 0.25) is 21.8 Å². The number of nitrogens with one attached hydrogen (secondary N) is 2. The number of likely N-dealkylation sites (tertiary alicyclic amines) is 1. The fraction of sp³-hybridized carbons (Fsp3) is 0.556. The van der Waals surface area contributed by atoms with Gasteiger partial charge in [-0.2, -0.15) is 0 Å². The zero-order valence-corrected chi connectivity index (χ0v) is 16.5. The van der Waals surface area contributed by atoms with Crippen molar-refractivity contribution < 1.29 is 18.0 Å². The molecule has 1 aliphatic heterocycles. The van der Waals surface area contributed by atoms with Crippen molar-refractivity contribution in [2.75, 3.05) is 19.6 Å². The van der Waals surface area contributed by atoms with Crippen LogP contribution in [0.2, 0.25) is 0 Å². The van der Waals surface area contributed by atoms with E-state index in [1.165, 1.54) is 0 Å². The summed E-state index contributed by atoms with van der Waals surface area (Å²) in [5.41, 5.74) is 5.75. The molecule has 1 atom stereocenters. The van der Waals surface area contributed by atoms with E-state index in [4.69, 9.17) is 5.73 Å². The summed E-state index contributed by atoms with van der Waals surface area (Å²) >= 11 is 0. The molecule has 1 aromatic carbocycles. The van der Waals surface area contributed by atoms with Crippen LogP contribution in [0, 0.1) is 5.92 Å². The Hall–Kier alpha value is -1.97. The molecule has 0 aliphatic carbocycles. The van der Waals surface area contributed by atoms with Crippen molar-refractivity contribution in [2.45, 2.75) is 43.7 Å². The SMILES string of the molecule is CC(C)[C@H](N)C(=O)NCC(=O)N1CCC(NS(=O)(=O)c2ccccc2)CC1. The minimum absolute atomic E-state index is 0.00603. The molecule has 1 fully saturated rings. The number of carbonyl (C=O) groups excluding carboxylic acids is 2. The number of benzene rings is 1. The molecule has 0 radical (unpaired) electrons. The van der Waals surface area contributed by atoms with Gasteiger partial charge in [0, 0.05) is 19.1 Å². The zero-order valence-electron chi connectivity index (χ0n) is 15.7. The first-order valence-corrected chi connectivity index (χ1v) is 10.6. The van der Waals surface area contributed by atoms with E-state index in [0.29, 0.717) is 25.9 Å². The number of hydrogen-bond donors (Lipinski definition) is 3.